The molecule has 0 aromatic rings. The number of ether oxygens (including phenoxy) is 1. The van der Waals surface area contributed by atoms with Gasteiger partial charge in [0.2, 0.25) is 0 Å². The maximum atomic E-state index is 11.1. The largest absolute Gasteiger partial charge is 0.449 e. The first-order valence-corrected chi connectivity index (χ1v) is 7.20. The molecule has 0 atom stereocenters. The summed E-state index contributed by atoms with van der Waals surface area (Å²) in [6.45, 7) is 4.58. The molecule has 0 spiro atoms. The second-order valence-electron chi connectivity index (χ2n) is 3.46. The molecule has 1 amide bonds. The van der Waals surface area contributed by atoms with E-state index in [1.54, 1.807) is 0 Å². The Morgan fingerprint density at radius 3 is 2.62 bits per heavy atom. The summed E-state index contributed by atoms with van der Waals surface area (Å²) in [6.07, 6.45) is 5.25. The van der Waals surface area contributed by atoms with Crippen LogP contribution in [0.1, 0.15) is 46.0 Å². The lowest BCUT2D eigenvalue weighted by molar-refractivity contribution is 0.152. The molecule has 1 N–H and O–H groups in total. The van der Waals surface area contributed by atoms with Crippen LogP contribution in [0.25, 0.3) is 0 Å². The van der Waals surface area contributed by atoms with Crippen LogP contribution < -0.4 is 5.32 Å². The summed E-state index contributed by atoms with van der Waals surface area (Å²) in [5.41, 5.74) is 0. The fourth-order valence-electron chi connectivity index (χ4n) is 1.04. The number of thiocarbonyl (C=S) groups is 1. The van der Waals surface area contributed by atoms with Gasteiger partial charge in [-0.3, -0.25) is 5.32 Å². The van der Waals surface area contributed by atoms with Crippen LogP contribution >= 0.6 is 24.0 Å². The lowest BCUT2D eigenvalue weighted by Gasteiger charge is -2.06. The Labute approximate surface area is 108 Å². The highest BCUT2D eigenvalue weighted by Crippen LogP contribution is 2.08. The fraction of sp³-hybridized carbons (Fsp3) is 0.818. The molecule has 0 aliphatic carbocycles. The molecule has 0 aliphatic rings. The molecule has 0 rings (SSSR count). The van der Waals surface area contributed by atoms with Crippen molar-refractivity contribution in [1.29, 1.82) is 0 Å². The summed E-state index contributed by atoms with van der Waals surface area (Å²) in [4.78, 5) is 11.1. The highest BCUT2D eigenvalue weighted by Gasteiger charge is 2.04. The number of carbonyl (C=O) groups is 1. The molecule has 0 aliphatic heterocycles. The van der Waals surface area contributed by atoms with E-state index in [2.05, 4.69) is 12.2 Å². The van der Waals surface area contributed by atoms with Crippen LogP contribution in [0.2, 0.25) is 0 Å². The minimum atomic E-state index is -0.437. The highest BCUT2D eigenvalue weighted by molar-refractivity contribution is 8.23. The van der Waals surface area contributed by atoms with Gasteiger partial charge in [-0.15, -0.1) is 0 Å². The maximum Gasteiger partial charge on any atom is 0.412 e. The molecule has 0 radical (unpaired) electrons. The average Bonchev–Trinajstić information content (AvgIpc) is 2.26. The first kappa shape index (κ1) is 15.7. The molecule has 0 aromatic carbocycles. The van der Waals surface area contributed by atoms with E-state index in [4.69, 9.17) is 17.0 Å². The van der Waals surface area contributed by atoms with Crippen molar-refractivity contribution in [2.24, 2.45) is 0 Å². The van der Waals surface area contributed by atoms with Gasteiger partial charge >= 0.3 is 6.09 Å². The third kappa shape index (κ3) is 10.2. The standard InChI is InChI=1S/C11H21NO2S2/c1-3-5-6-7-9-16-11(15)12-10(13)14-8-4-2/h3-9H2,1-2H3,(H,12,13,15). The van der Waals surface area contributed by atoms with Crippen LogP contribution in [0.15, 0.2) is 0 Å². The quantitative estimate of drug-likeness (QED) is 0.561. The average molecular weight is 263 g/mol. The van der Waals surface area contributed by atoms with E-state index in [1.807, 2.05) is 6.92 Å². The van der Waals surface area contributed by atoms with Crippen molar-refractivity contribution >= 4 is 34.4 Å². The Kier molecular flexibility index (Phi) is 11.0. The predicted molar refractivity (Wildman–Crippen MR) is 74.0 cm³/mol. The zero-order valence-electron chi connectivity index (χ0n) is 10.1. The number of alkyl carbamates (subject to hydrolysis) is 1. The molecule has 16 heavy (non-hydrogen) atoms. The van der Waals surface area contributed by atoms with Crippen molar-refractivity contribution in [3.63, 3.8) is 0 Å². The predicted octanol–water partition coefficient (Wildman–Crippen LogP) is 3.72. The van der Waals surface area contributed by atoms with Gasteiger partial charge < -0.3 is 4.74 Å². The van der Waals surface area contributed by atoms with Crippen LogP contribution in [0.5, 0.6) is 0 Å². The second-order valence-corrected chi connectivity index (χ2v) is 5.23. The van der Waals surface area contributed by atoms with Crippen LogP contribution in [0.3, 0.4) is 0 Å². The number of carbonyl (C=O) groups excluding carboxylic acids is 1. The Morgan fingerprint density at radius 2 is 2.00 bits per heavy atom. The molecule has 0 heterocycles. The smallest absolute Gasteiger partial charge is 0.412 e. The van der Waals surface area contributed by atoms with E-state index >= 15 is 0 Å². The van der Waals surface area contributed by atoms with Gasteiger partial charge in [0.15, 0.2) is 0 Å². The summed E-state index contributed by atoms with van der Waals surface area (Å²) in [5.74, 6) is 0.965. The molecular formula is C11H21NO2S2. The minimum Gasteiger partial charge on any atom is -0.449 e. The third-order valence-electron chi connectivity index (χ3n) is 1.87. The summed E-state index contributed by atoms with van der Waals surface area (Å²) < 4.78 is 5.37. The second kappa shape index (κ2) is 11.2. The first-order chi connectivity index (χ1) is 7.70. The molecule has 0 bridgehead atoms. The summed E-state index contributed by atoms with van der Waals surface area (Å²) in [5, 5.41) is 2.54. The van der Waals surface area contributed by atoms with Gasteiger partial charge in [-0.1, -0.05) is 57.1 Å². The molecule has 0 saturated heterocycles. The van der Waals surface area contributed by atoms with Crippen molar-refractivity contribution in [2.45, 2.75) is 46.0 Å². The van der Waals surface area contributed by atoms with Crippen molar-refractivity contribution < 1.29 is 9.53 Å². The lowest BCUT2D eigenvalue weighted by Crippen LogP contribution is -2.28. The summed E-state index contributed by atoms with van der Waals surface area (Å²) in [7, 11) is 0. The number of hydrogen-bond donors (Lipinski definition) is 1. The highest BCUT2D eigenvalue weighted by atomic mass is 32.2. The van der Waals surface area contributed by atoms with Crippen molar-refractivity contribution in [3.05, 3.63) is 0 Å². The first-order valence-electron chi connectivity index (χ1n) is 5.81. The van der Waals surface area contributed by atoms with E-state index in [9.17, 15) is 4.79 Å². The third-order valence-corrected chi connectivity index (χ3v) is 3.19. The van der Waals surface area contributed by atoms with Crippen LogP contribution in [0.4, 0.5) is 4.79 Å². The van der Waals surface area contributed by atoms with Gasteiger partial charge in [0.25, 0.3) is 0 Å². The number of nitrogens with one attached hydrogen (secondary N) is 1. The molecule has 0 saturated carbocycles. The van der Waals surface area contributed by atoms with E-state index in [0.717, 1.165) is 18.6 Å². The van der Waals surface area contributed by atoms with Gasteiger partial charge in [-0.05, 0) is 12.8 Å². The fourth-order valence-corrected chi connectivity index (χ4v) is 2.07. The van der Waals surface area contributed by atoms with Gasteiger partial charge in [0.1, 0.15) is 4.32 Å². The number of amides is 1. The number of rotatable bonds is 7. The topological polar surface area (TPSA) is 38.3 Å². The van der Waals surface area contributed by atoms with E-state index in [1.165, 1.54) is 31.0 Å². The van der Waals surface area contributed by atoms with Gasteiger partial charge in [0, 0.05) is 5.75 Å². The Balaban J connectivity index is 3.40. The Morgan fingerprint density at radius 1 is 1.25 bits per heavy atom. The van der Waals surface area contributed by atoms with Crippen molar-refractivity contribution in [2.75, 3.05) is 12.4 Å². The molecule has 3 nitrogen and oxygen atoms in total. The van der Waals surface area contributed by atoms with Crippen LogP contribution in [-0.2, 0) is 4.74 Å². The van der Waals surface area contributed by atoms with Gasteiger partial charge in [-0.2, -0.15) is 0 Å². The van der Waals surface area contributed by atoms with Crippen molar-refractivity contribution in [1.82, 2.24) is 5.32 Å². The zero-order chi connectivity index (χ0) is 12.2. The number of unbranched alkanes of at least 4 members (excludes halogenated alkanes) is 3. The van der Waals surface area contributed by atoms with Gasteiger partial charge in [0.05, 0.1) is 6.61 Å². The van der Waals surface area contributed by atoms with Crippen molar-refractivity contribution in [3.8, 4) is 0 Å². The minimum absolute atomic E-state index is 0.437. The van der Waals surface area contributed by atoms with E-state index in [0.29, 0.717) is 10.9 Å². The summed E-state index contributed by atoms with van der Waals surface area (Å²) >= 11 is 6.52. The van der Waals surface area contributed by atoms with Crippen LogP contribution in [-0.4, -0.2) is 22.8 Å². The maximum absolute atomic E-state index is 11.1. The molecule has 0 unspecified atom stereocenters. The SMILES string of the molecule is CCCCCCSC(=S)NC(=O)OCCC. The molecule has 94 valence electrons. The Hall–Kier alpha value is -0.290. The number of thioether (sulfide) groups is 1. The normalized spacial score (nSPS) is 9.88. The van der Waals surface area contributed by atoms with Gasteiger partial charge in [-0.25, -0.2) is 4.79 Å². The molecule has 0 fully saturated rings. The van der Waals surface area contributed by atoms with E-state index in [-0.39, 0.29) is 0 Å². The molecular weight excluding hydrogens is 242 g/mol. The number of hydrogen-bond acceptors (Lipinski definition) is 4. The zero-order valence-corrected chi connectivity index (χ0v) is 11.7. The van der Waals surface area contributed by atoms with Crippen LogP contribution in [0, 0.1) is 0 Å². The molecule has 0 aromatic heterocycles. The lowest BCUT2D eigenvalue weighted by atomic mass is 10.2. The molecule has 5 heteroatoms. The van der Waals surface area contributed by atoms with E-state index < -0.39 is 6.09 Å². The summed E-state index contributed by atoms with van der Waals surface area (Å²) in [6, 6.07) is 0. The Bertz CT molecular complexity index is 210. The monoisotopic (exact) mass is 263 g/mol.